The van der Waals surface area contributed by atoms with Crippen molar-refractivity contribution in [2.24, 2.45) is 5.73 Å². The third-order valence-electron chi connectivity index (χ3n) is 2.96. The van der Waals surface area contributed by atoms with Crippen LogP contribution in [0, 0.1) is 0 Å². The smallest absolute Gasteiger partial charge is 0.244 e. The zero-order valence-corrected chi connectivity index (χ0v) is 14.0. The van der Waals surface area contributed by atoms with Crippen LogP contribution in [0.3, 0.4) is 0 Å². The van der Waals surface area contributed by atoms with Crippen molar-refractivity contribution in [3.05, 3.63) is 24.3 Å². The summed E-state index contributed by atoms with van der Waals surface area (Å²) in [7, 11) is -2.20. The molecule has 1 amide bonds. The molecule has 120 valence electrons. The normalized spacial score (nSPS) is 13.9. The lowest BCUT2D eigenvalue weighted by atomic mass is 9.96. The van der Waals surface area contributed by atoms with E-state index in [4.69, 9.17) is 5.73 Å². The summed E-state index contributed by atoms with van der Waals surface area (Å²) in [6, 6.07) is 6.03. The Morgan fingerprint density at radius 2 is 2.00 bits per heavy atom. The summed E-state index contributed by atoms with van der Waals surface area (Å²) in [5.74, 6) is -0.335. The first-order valence-electron chi connectivity index (χ1n) is 6.37. The van der Waals surface area contributed by atoms with Crippen molar-refractivity contribution in [2.45, 2.75) is 37.1 Å². The van der Waals surface area contributed by atoms with Crippen LogP contribution < -0.4 is 15.8 Å². The summed E-state index contributed by atoms with van der Waals surface area (Å²) in [6.07, 6.45) is 1.34. The van der Waals surface area contributed by atoms with Crippen LogP contribution in [0.2, 0.25) is 0 Å². The fourth-order valence-corrected chi connectivity index (χ4v) is 2.54. The van der Waals surface area contributed by atoms with Crippen LogP contribution in [-0.2, 0) is 14.8 Å². The average Bonchev–Trinajstić information content (AvgIpc) is 2.39. The maximum atomic E-state index is 12.1. The van der Waals surface area contributed by atoms with Gasteiger partial charge in [-0.2, -0.15) is 0 Å². The van der Waals surface area contributed by atoms with Crippen LogP contribution in [0.1, 0.15) is 26.7 Å². The number of anilines is 1. The first-order chi connectivity index (χ1) is 9.23. The van der Waals surface area contributed by atoms with Crippen LogP contribution in [-0.4, -0.2) is 26.9 Å². The molecule has 1 unspecified atom stereocenters. The maximum absolute atomic E-state index is 12.1. The molecule has 0 radical (unpaired) electrons. The molecule has 0 aromatic heterocycles. The molecule has 21 heavy (non-hydrogen) atoms. The molecular weight excluding hydrogens is 314 g/mol. The molecule has 1 atom stereocenters. The monoisotopic (exact) mass is 335 g/mol. The van der Waals surface area contributed by atoms with Crippen LogP contribution in [0.5, 0.6) is 0 Å². The molecule has 6 nitrogen and oxygen atoms in total. The molecule has 8 heteroatoms. The molecule has 0 heterocycles. The average molecular weight is 336 g/mol. The fraction of sp³-hybridized carbons (Fsp3) is 0.462. The van der Waals surface area contributed by atoms with Crippen molar-refractivity contribution in [1.29, 1.82) is 0 Å². The number of amides is 1. The number of benzene rings is 1. The highest BCUT2D eigenvalue weighted by atomic mass is 35.5. The number of nitrogens with two attached hydrogens (primary N) is 1. The van der Waals surface area contributed by atoms with E-state index in [-0.39, 0.29) is 23.2 Å². The molecule has 0 spiro atoms. The van der Waals surface area contributed by atoms with Gasteiger partial charge in [-0.15, -0.1) is 12.4 Å². The lowest BCUT2D eigenvalue weighted by Gasteiger charge is -2.22. The number of carbonyl (C=O) groups excluding carboxylic acids is 1. The van der Waals surface area contributed by atoms with E-state index in [0.29, 0.717) is 12.1 Å². The summed E-state index contributed by atoms with van der Waals surface area (Å²) in [4.78, 5) is 12.1. The van der Waals surface area contributed by atoms with Gasteiger partial charge in [0.05, 0.1) is 10.4 Å². The number of sulfonamides is 1. The molecule has 1 rings (SSSR count). The van der Waals surface area contributed by atoms with Gasteiger partial charge in [0, 0.05) is 5.69 Å². The van der Waals surface area contributed by atoms with Crippen LogP contribution in [0.25, 0.3) is 0 Å². The van der Waals surface area contributed by atoms with Gasteiger partial charge in [-0.05, 0) is 38.6 Å². The van der Waals surface area contributed by atoms with Crippen LogP contribution in [0.15, 0.2) is 29.2 Å². The predicted octanol–water partition coefficient (Wildman–Crippen LogP) is 1.47. The van der Waals surface area contributed by atoms with E-state index >= 15 is 0 Å². The van der Waals surface area contributed by atoms with E-state index in [0.717, 1.165) is 6.42 Å². The molecule has 0 saturated carbocycles. The van der Waals surface area contributed by atoms with Gasteiger partial charge < -0.3 is 11.1 Å². The van der Waals surface area contributed by atoms with Crippen molar-refractivity contribution >= 4 is 34.0 Å². The third-order valence-corrected chi connectivity index (χ3v) is 4.37. The number of hydrogen-bond acceptors (Lipinski definition) is 4. The summed E-state index contributed by atoms with van der Waals surface area (Å²) < 4.78 is 25.6. The van der Waals surface area contributed by atoms with Crippen molar-refractivity contribution < 1.29 is 13.2 Å². The molecule has 0 bridgehead atoms. The first kappa shape index (κ1) is 19.9. The Balaban J connectivity index is 0.00000400. The zero-order chi connectivity index (χ0) is 15.4. The number of halogens is 1. The van der Waals surface area contributed by atoms with E-state index in [9.17, 15) is 13.2 Å². The van der Waals surface area contributed by atoms with E-state index in [1.807, 2.05) is 6.92 Å². The van der Waals surface area contributed by atoms with Crippen molar-refractivity contribution in [3.63, 3.8) is 0 Å². The van der Waals surface area contributed by atoms with Crippen molar-refractivity contribution in [3.8, 4) is 0 Å². The van der Waals surface area contributed by atoms with Crippen molar-refractivity contribution in [2.75, 3.05) is 12.4 Å². The second kappa shape index (κ2) is 7.74. The summed E-state index contributed by atoms with van der Waals surface area (Å²) >= 11 is 0. The van der Waals surface area contributed by atoms with E-state index in [1.54, 1.807) is 19.1 Å². The van der Waals surface area contributed by atoms with Gasteiger partial charge in [0.1, 0.15) is 0 Å². The molecule has 0 aliphatic rings. The summed E-state index contributed by atoms with van der Waals surface area (Å²) in [5, 5.41) is 2.65. The van der Waals surface area contributed by atoms with Crippen LogP contribution in [0.4, 0.5) is 5.69 Å². The standard InChI is InChI=1S/C13H21N3O3S.ClH/c1-4-8-13(2,14)12(17)16-10-6-5-7-11(9-10)20(18,19)15-3;/h5-7,9,15H,4,8,14H2,1-3H3,(H,16,17);1H. The molecule has 1 aromatic rings. The van der Waals surface area contributed by atoms with Crippen LogP contribution >= 0.6 is 12.4 Å². The molecule has 0 aliphatic heterocycles. The third kappa shape index (κ3) is 5.28. The molecule has 0 fully saturated rings. The van der Waals surface area contributed by atoms with Gasteiger partial charge in [-0.25, -0.2) is 13.1 Å². The number of carbonyl (C=O) groups is 1. The lowest BCUT2D eigenvalue weighted by molar-refractivity contribution is -0.120. The Bertz CT molecular complexity index is 588. The molecule has 0 aliphatic carbocycles. The Morgan fingerprint density at radius 3 is 2.52 bits per heavy atom. The fourth-order valence-electron chi connectivity index (χ4n) is 1.77. The lowest BCUT2D eigenvalue weighted by Crippen LogP contribution is -2.48. The first-order valence-corrected chi connectivity index (χ1v) is 7.85. The number of rotatable bonds is 6. The Labute approximate surface area is 132 Å². The number of hydrogen-bond donors (Lipinski definition) is 3. The Hall–Kier alpha value is -1.15. The van der Waals surface area contributed by atoms with Gasteiger partial charge >= 0.3 is 0 Å². The highest BCUT2D eigenvalue weighted by molar-refractivity contribution is 7.89. The minimum absolute atomic E-state index is 0. The molecule has 4 N–H and O–H groups in total. The number of nitrogens with one attached hydrogen (secondary N) is 2. The minimum Gasteiger partial charge on any atom is -0.324 e. The summed E-state index contributed by atoms with van der Waals surface area (Å²) in [5.41, 5.74) is 5.35. The maximum Gasteiger partial charge on any atom is 0.244 e. The second-order valence-corrected chi connectivity index (χ2v) is 6.74. The molecule has 1 aromatic carbocycles. The van der Waals surface area contributed by atoms with Gasteiger partial charge in [0.2, 0.25) is 15.9 Å². The topological polar surface area (TPSA) is 101 Å². The highest BCUT2D eigenvalue weighted by Gasteiger charge is 2.27. The second-order valence-electron chi connectivity index (χ2n) is 4.86. The van der Waals surface area contributed by atoms with Gasteiger partial charge in [-0.3, -0.25) is 4.79 Å². The van der Waals surface area contributed by atoms with Gasteiger partial charge in [0.25, 0.3) is 0 Å². The highest BCUT2D eigenvalue weighted by Crippen LogP contribution is 2.17. The van der Waals surface area contributed by atoms with E-state index in [2.05, 4.69) is 10.0 Å². The van der Waals surface area contributed by atoms with E-state index in [1.165, 1.54) is 19.2 Å². The Kier molecular flexibility index (Phi) is 7.32. The zero-order valence-electron chi connectivity index (χ0n) is 12.3. The Morgan fingerprint density at radius 1 is 1.38 bits per heavy atom. The minimum atomic E-state index is -3.53. The van der Waals surface area contributed by atoms with E-state index < -0.39 is 15.6 Å². The summed E-state index contributed by atoms with van der Waals surface area (Å²) in [6.45, 7) is 3.60. The van der Waals surface area contributed by atoms with Gasteiger partial charge in [0.15, 0.2) is 0 Å². The van der Waals surface area contributed by atoms with Gasteiger partial charge in [-0.1, -0.05) is 19.4 Å². The van der Waals surface area contributed by atoms with Crippen molar-refractivity contribution in [1.82, 2.24) is 4.72 Å². The predicted molar refractivity (Wildman–Crippen MR) is 86.1 cm³/mol. The molecular formula is C13H22ClN3O3S. The largest absolute Gasteiger partial charge is 0.324 e. The quantitative estimate of drug-likeness (QED) is 0.732. The SMILES string of the molecule is CCCC(C)(N)C(=O)Nc1cccc(S(=O)(=O)NC)c1.Cl. The molecule has 0 saturated heterocycles.